The lowest BCUT2D eigenvalue weighted by atomic mass is 9.91. The van der Waals surface area contributed by atoms with E-state index < -0.39 is 0 Å². The molecule has 2 aromatic carbocycles. The fourth-order valence-electron chi connectivity index (χ4n) is 3.96. The predicted molar refractivity (Wildman–Crippen MR) is 111 cm³/mol. The molecule has 2 heterocycles. The number of nitrogens with zero attached hydrogens (tertiary/aromatic N) is 3. The van der Waals surface area contributed by atoms with E-state index in [1.165, 1.54) is 18.4 Å². The lowest BCUT2D eigenvalue weighted by molar-refractivity contribution is 0.497. The summed E-state index contributed by atoms with van der Waals surface area (Å²) in [7, 11) is 0. The van der Waals surface area contributed by atoms with Crippen LogP contribution in [0, 0.1) is 5.41 Å². The second-order valence-electron chi connectivity index (χ2n) is 7.81. The van der Waals surface area contributed by atoms with Crippen molar-refractivity contribution in [3.05, 3.63) is 65.9 Å². The summed E-state index contributed by atoms with van der Waals surface area (Å²) in [6.45, 7) is 0. The topological polar surface area (TPSA) is 106 Å². The number of fused-ring (bicyclic) bond motifs is 1. The Morgan fingerprint density at radius 2 is 1.75 bits per heavy atom. The van der Waals surface area contributed by atoms with E-state index in [2.05, 4.69) is 56.6 Å². The number of anilines is 2. The molecule has 140 valence electrons. The van der Waals surface area contributed by atoms with Crippen LogP contribution in [0.1, 0.15) is 24.1 Å². The van der Waals surface area contributed by atoms with Crippen LogP contribution in [0.5, 0.6) is 0 Å². The van der Waals surface area contributed by atoms with Gasteiger partial charge in [0.25, 0.3) is 0 Å². The summed E-state index contributed by atoms with van der Waals surface area (Å²) in [5.41, 5.74) is 17.3. The third-order valence-electron chi connectivity index (χ3n) is 5.62. The molecule has 1 aliphatic rings. The third-order valence-corrected chi connectivity index (χ3v) is 5.62. The first-order chi connectivity index (χ1) is 13.6. The summed E-state index contributed by atoms with van der Waals surface area (Å²) in [6, 6.07) is 18.7. The minimum absolute atomic E-state index is 0.293. The van der Waals surface area contributed by atoms with Crippen LogP contribution in [-0.4, -0.2) is 20.2 Å². The molecular formula is C22H22N6. The fourth-order valence-corrected chi connectivity index (χ4v) is 3.96. The molecule has 6 heteroatoms. The number of hydrogen-bond acceptors (Lipinski definition) is 5. The summed E-state index contributed by atoms with van der Waals surface area (Å²) in [5, 5.41) is 7.92. The van der Waals surface area contributed by atoms with Crippen molar-refractivity contribution in [2.75, 3.05) is 11.5 Å². The van der Waals surface area contributed by atoms with Crippen molar-refractivity contribution < 1.29 is 0 Å². The first-order valence-corrected chi connectivity index (χ1v) is 9.52. The van der Waals surface area contributed by atoms with E-state index in [-0.39, 0.29) is 0 Å². The molecule has 0 spiro atoms. The number of rotatable bonds is 5. The van der Waals surface area contributed by atoms with Crippen molar-refractivity contribution in [2.45, 2.75) is 25.7 Å². The molecule has 1 saturated carbocycles. The smallest absolute Gasteiger partial charge is 0.220 e. The number of aromatic nitrogens is 4. The third kappa shape index (κ3) is 3.17. The number of nitrogen functional groups attached to an aromatic ring is 2. The highest BCUT2D eigenvalue weighted by Gasteiger charge is 2.42. The molecular weight excluding hydrogens is 348 g/mol. The standard InChI is InChI=1S/C22H22N6/c23-20-17-7-6-15(10-19(17)27-28-20)18-11-16(25-21(24)26-18)13-22(8-9-22)12-14-4-2-1-3-5-14/h1-7,10-11H,8-9,12-13H2,(H3,23,27,28)(H2,24,25,26). The van der Waals surface area contributed by atoms with E-state index in [0.717, 1.165) is 40.7 Å². The quantitative estimate of drug-likeness (QED) is 0.496. The SMILES string of the molecule is Nc1nc(CC2(Cc3ccccc3)CC2)cc(-c2ccc3c(N)n[nH]c3c2)n1. The summed E-state index contributed by atoms with van der Waals surface area (Å²) >= 11 is 0. The normalized spacial score (nSPS) is 15.0. The number of H-pyrrole nitrogens is 1. The van der Waals surface area contributed by atoms with Crippen molar-refractivity contribution in [1.82, 2.24) is 20.2 Å². The van der Waals surface area contributed by atoms with E-state index in [4.69, 9.17) is 11.5 Å². The van der Waals surface area contributed by atoms with Gasteiger partial charge in [-0.2, -0.15) is 5.10 Å². The van der Waals surface area contributed by atoms with Crippen LogP contribution in [-0.2, 0) is 12.8 Å². The highest BCUT2D eigenvalue weighted by atomic mass is 15.1. The van der Waals surface area contributed by atoms with Gasteiger partial charge < -0.3 is 11.5 Å². The number of aromatic amines is 1. The van der Waals surface area contributed by atoms with E-state index in [0.29, 0.717) is 17.2 Å². The number of benzene rings is 2. The molecule has 0 saturated heterocycles. The lowest BCUT2D eigenvalue weighted by Crippen LogP contribution is -2.11. The molecule has 1 aliphatic carbocycles. The second kappa shape index (κ2) is 6.34. The van der Waals surface area contributed by atoms with E-state index in [9.17, 15) is 0 Å². The van der Waals surface area contributed by atoms with Crippen LogP contribution in [0.4, 0.5) is 11.8 Å². The van der Waals surface area contributed by atoms with E-state index in [1.54, 1.807) is 0 Å². The van der Waals surface area contributed by atoms with Crippen LogP contribution in [0.25, 0.3) is 22.2 Å². The molecule has 2 aromatic heterocycles. The first kappa shape index (κ1) is 16.7. The Hall–Kier alpha value is -3.41. The molecule has 5 rings (SSSR count). The van der Waals surface area contributed by atoms with Crippen molar-refractivity contribution in [2.24, 2.45) is 5.41 Å². The van der Waals surface area contributed by atoms with Crippen LogP contribution >= 0.6 is 0 Å². The van der Waals surface area contributed by atoms with Gasteiger partial charge in [0.15, 0.2) is 5.82 Å². The van der Waals surface area contributed by atoms with Crippen LogP contribution in [0.15, 0.2) is 54.6 Å². The Kier molecular flexibility index (Phi) is 3.79. The van der Waals surface area contributed by atoms with Gasteiger partial charge in [-0.25, -0.2) is 9.97 Å². The summed E-state index contributed by atoms with van der Waals surface area (Å²) in [6.07, 6.45) is 4.44. The molecule has 0 bridgehead atoms. The first-order valence-electron chi connectivity index (χ1n) is 9.52. The van der Waals surface area contributed by atoms with Gasteiger partial charge >= 0.3 is 0 Å². The summed E-state index contributed by atoms with van der Waals surface area (Å²) < 4.78 is 0. The fraction of sp³-hybridized carbons (Fsp3) is 0.227. The molecule has 0 atom stereocenters. The minimum atomic E-state index is 0.293. The van der Waals surface area contributed by atoms with Crippen LogP contribution in [0.3, 0.4) is 0 Å². The number of hydrogen-bond donors (Lipinski definition) is 3. The maximum atomic E-state index is 6.04. The largest absolute Gasteiger partial charge is 0.382 e. The maximum Gasteiger partial charge on any atom is 0.220 e. The average molecular weight is 370 g/mol. The molecule has 0 amide bonds. The van der Waals surface area contributed by atoms with Crippen LogP contribution < -0.4 is 11.5 Å². The van der Waals surface area contributed by atoms with Crippen LogP contribution in [0.2, 0.25) is 0 Å². The highest BCUT2D eigenvalue weighted by molar-refractivity contribution is 5.91. The number of nitrogens with two attached hydrogens (primary N) is 2. The lowest BCUT2D eigenvalue weighted by Gasteiger charge is -2.15. The van der Waals surface area contributed by atoms with E-state index in [1.807, 2.05) is 18.2 Å². The highest BCUT2D eigenvalue weighted by Crippen LogP contribution is 2.50. The van der Waals surface area contributed by atoms with Crippen molar-refractivity contribution in [1.29, 1.82) is 0 Å². The molecule has 5 N–H and O–H groups in total. The molecule has 0 aliphatic heterocycles. The molecule has 1 fully saturated rings. The van der Waals surface area contributed by atoms with Gasteiger partial charge in [-0.1, -0.05) is 36.4 Å². The molecule has 28 heavy (non-hydrogen) atoms. The predicted octanol–water partition coefficient (Wildman–Crippen LogP) is 3.75. The number of nitrogens with one attached hydrogen (secondary N) is 1. The zero-order valence-electron chi connectivity index (χ0n) is 15.5. The van der Waals surface area contributed by atoms with Gasteiger partial charge in [0.05, 0.1) is 11.2 Å². The van der Waals surface area contributed by atoms with E-state index >= 15 is 0 Å². The van der Waals surface area contributed by atoms with Gasteiger partial charge in [-0.05, 0) is 54.9 Å². The Bertz CT molecular complexity index is 1140. The Morgan fingerprint density at radius 3 is 2.54 bits per heavy atom. The van der Waals surface area contributed by atoms with Gasteiger partial charge in [-0.3, -0.25) is 5.10 Å². The zero-order chi connectivity index (χ0) is 19.1. The van der Waals surface area contributed by atoms with Crippen molar-refractivity contribution >= 4 is 22.7 Å². The second-order valence-corrected chi connectivity index (χ2v) is 7.81. The molecule has 0 unspecified atom stereocenters. The Labute approximate surface area is 163 Å². The zero-order valence-corrected chi connectivity index (χ0v) is 15.5. The Morgan fingerprint density at radius 1 is 0.929 bits per heavy atom. The minimum Gasteiger partial charge on any atom is -0.382 e. The summed E-state index contributed by atoms with van der Waals surface area (Å²) in [4.78, 5) is 8.97. The molecule has 6 nitrogen and oxygen atoms in total. The van der Waals surface area contributed by atoms with Gasteiger partial charge in [0.2, 0.25) is 5.95 Å². The van der Waals surface area contributed by atoms with Crippen molar-refractivity contribution in [3.63, 3.8) is 0 Å². The molecule has 0 radical (unpaired) electrons. The maximum absolute atomic E-state index is 6.04. The Balaban J connectivity index is 1.44. The average Bonchev–Trinajstić information content (AvgIpc) is 3.34. The molecule has 4 aromatic rings. The monoisotopic (exact) mass is 370 g/mol. The van der Waals surface area contributed by atoms with Gasteiger partial charge in [-0.15, -0.1) is 0 Å². The van der Waals surface area contributed by atoms with Gasteiger partial charge in [0, 0.05) is 16.6 Å². The van der Waals surface area contributed by atoms with Crippen molar-refractivity contribution in [3.8, 4) is 11.3 Å². The van der Waals surface area contributed by atoms with Gasteiger partial charge in [0.1, 0.15) is 0 Å². The summed E-state index contributed by atoms with van der Waals surface area (Å²) in [5.74, 6) is 0.813.